The fourth-order valence-corrected chi connectivity index (χ4v) is 5.44. The number of thiocarbonyl (C=S) groups is 1. The lowest BCUT2D eigenvalue weighted by Crippen LogP contribution is -2.34. The van der Waals surface area contributed by atoms with Crippen LogP contribution >= 0.6 is 28.1 Å². The number of benzene rings is 4. The minimum atomic E-state index is -3.66. The van der Waals surface area contributed by atoms with Crippen LogP contribution in [0.25, 0.3) is 0 Å². The number of halogens is 1. The van der Waals surface area contributed by atoms with Crippen molar-refractivity contribution in [2.75, 3.05) is 18.5 Å². The van der Waals surface area contributed by atoms with Gasteiger partial charge in [-0.25, -0.2) is 13.1 Å². The number of anilines is 1. The molecule has 0 aromatic heterocycles. The number of carbonyl (C=O) groups excluding carboxylic acids is 1. The van der Waals surface area contributed by atoms with E-state index in [9.17, 15) is 13.2 Å². The largest absolute Gasteiger partial charge is 0.492 e. The van der Waals surface area contributed by atoms with Crippen molar-refractivity contribution in [1.29, 1.82) is 0 Å². The Morgan fingerprint density at radius 3 is 2.10 bits per heavy atom. The highest BCUT2D eigenvalue weighted by molar-refractivity contribution is 9.10. The second-order valence-corrected chi connectivity index (χ2v) is 11.9. The number of hydrogen-bond acceptors (Lipinski definition) is 5. The summed E-state index contributed by atoms with van der Waals surface area (Å²) < 4.78 is 34.5. The van der Waals surface area contributed by atoms with E-state index < -0.39 is 15.9 Å². The zero-order valence-electron chi connectivity index (χ0n) is 21.5. The molecule has 0 spiro atoms. The Hall–Kier alpha value is -3.57. The van der Waals surface area contributed by atoms with Gasteiger partial charge in [-0.3, -0.25) is 10.1 Å². The Kier molecular flexibility index (Phi) is 10.4. The second kappa shape index (κ2) is 14.2. The number of amides is 1. The highest BCUT2D eigenvalue weighted by Crippen LogP contribution is 2.24. The fourth-order valence-electron chi connectivity index (χ4n) is 3.84. The van der Waals surface area contributed by atoms with Crippen molar-refractivity contribution in [3.63, 3.8) is 0 Å². The summed E-state index contributed by atoms with van der Waals surface area (Å²) in [6.45, 7) is 0.695. The Bertz CT molecular complexity index is 1550. The normalized spacial score (nSPS) is 11.0. The van der Waals surface area contributed by atoms with E-state index in [1.165, 1.54) is 12.1 Å². The van der Waals surface area contributed by atoms with Crippen molar-refractivity contribution < 1.29 is 17.9 Å². The van der Waals surface area contributed by atoms with Crippen LogP contribution in [0.4, 0.5) is 5.69 Å². The Balaban J connectivity index is 1.31. The van der Waals surface area contributed by atoms with Gasteiger partial charge in [0.2, 0.25) is 10.0 Å². The maximum atomic E-state index is 13.0. The monoisotopic (exact) mass is 637 g/mol. The molecule has 4 aromatic rings. The zero-order valence-corrected chi connectivity index (χ0v) is 24.7. The van der Waals surface area contributed by atoms with Gasteiger partial charge < -0.3 is 10.1 Å². The quantitative estimate of drug-likeness (QED) is 0.182. The fraction of sp³-hybridized carbons (Fsp3) is 0.133. The van der Waals surface area contributed by atoms with E-state index >= 15 is 0 Å². The highest BCUT2D eigenvalue weighted by Gasteiger charge is 2.16. The molecule has 7 nitrogen and oxygen atoms in total. The van der Waals surface area contributed by atoms with Gasteiger partial charge in [0.25, 0.3) is 5.91 Å². The van der Waals surface area contributed by atoms with E-state index in [0.29, 0.717) is 36.4 Å². The average molecular weight is 639 g/mol. The van der Waals surface area contributed by atoms with Crippen molar-refractivity contribution in [3.05, 3.63) is 124 Å². The predicted octanol–water partition coefficient (Wildman–Crippen LogP) is 5.72. The molecule has 0 fully saturated rings. The molecule has 40 heavy (non-hydrogen) atoms. The van der Waals surface area contributed by atoms with E-state index in [-0.39, 0.29) is 16.6 Å². The molecule has 0 atom stereocenters. The highest BCUT2D eigenvalue weighted by atomic mass is 79.9. The molecule has 0 bridgehead atoms. The summed E-state index contributed by atoms with van der Waals surface area (Å²) in [5.74, 6) is 0.00378. The predicted molar refractivity (Wildman–Crippen MR) is 165 cm³/mol. The first-order chi connectivity index (χ1) is 19.3. The third-order valence-corrected chi connectivity index (χ3v) is 8.05. The molecule has 0 aliphatic carbocycles. The summed E-state index contributed by atoms with van der Waals surface area (Å²) in [4.78, 5) is 13.1. The molecule has 0 unspecified atom stereocenters. The molecule has 0 aliphatic heterocycles. The van der Waals surface area contributed by atoms with Crippen LogP contribution in [0.15, 0.2) is 112 Å². The van der Waals surface area contributed by atoms with Crippen molar-refractivity contribution in [2.45, 2.75) is 17.7 Å². The van der Waals surface area contributed by atoms with E-state index in [1.54, 1.807) is 30.3 Å². The second-order valence-electron chi connectivity index (χ2n) is 8.79. The van der Waals surface area contributed by atoms with Gasteiger partial charge in [0.15, 0.2) is 5.11 Å². The van der Waals surface area contributed by atoms with Gasteiger partial charge >= 0.3 is 0 Å². The van der Waals surface area contributed by atoms with Crippen LogP contribution in [-0.4, -0.2) is 32.6 Å². The number of rotatable bonds is 11. The van der Waals surface area contributed by atoms with Crippen LogP contribution in [0.2, 0.25) is 0 Å². The standard InChI is InChI=1S/C30H28BrN3O4S2/c31-24-11-16-28(38-20-18-23-9-5-2-6-10-23)27(21-24)29(35)34-30(39)33-25-12-14-26(15-13-25)40(36,37)32-19-17-22-7-3-1-4-8-22/h1-16,21,32H,17-20H2,(H2,33,34,35,39). The number of sulfonamides is 1. The number of hydrogen-bond donors (Lipinski definition) is 3. The first-order valence-corrected chi connectivity index (χ1v) is 15.2. The maximum absolute atomic E-state index is 13.0. The molecule has 4 aromatic carbocycles. The van der Waals surface area contributed by atoms with E-state index in [0.717, 1.165) is 15.6 Å². The molecular formula is C30H28BrN3O4S2. The van der Waals surface area contributed by atoms with Crippen molar-refractivity contribution in [1.82, 2.24) is 10.0 Å². The van der Waals surface area contributed by atoms with Crippen LogP contribution in [0.3, 0.4) is 0 Å². The molecule has 3 N–H and O–H groups in total. The SMILES string of the molecule is O=C(NC(=S)Nc1ccc(S(=O)(=O)NCCc2ccccc2)cc1)c1cc(Br)ccc1OCCc1ccccc1. The molecule has 206 valence electrons. The Labute approximate surface area is 248 Å². The summed E-state index contributed by atoms with van der Waals surface area (Å²) in [5.41, 5.74) is 3.04. The molecule has 0 radical (unpaired) electrons. The molecule has 0 saturated heterocycles. The van der Waals surface area contributed by atoms with Crippen LogP contribution in [-0.2, 0) is 22.9 Å². The van der Waals surface area contributed by atoms with Gasteiger partial charge in [-0.15, -0.1) is 0 Å². The summed E-state index contributed by atoms with van der Waals surface area (Å²) in [6, 6.07) is 30.9. The van der Waals surface area contributed by atoms with Crippen LogP contribution in [0.5, 0.6) is 5.75 Å². The topological polar surface area (TPSA) is 96.5 Å². The smallest absolute Gasteiger partial charge is 0.261 e. The number of ether oxygens (including phenoxy) is 1. The van der Waals surface area contributed by atoms with Gasteiger partial charge in [-0.1, -0.05) is 76.6 Å². The van der Waals surface area contributed by atoms with Gasteiger partial charge in [-0.2, -0.15) is 0 Å². The van der Waals surface area contributed by atoms with E-state index in [2.05, 4.69) is 31.3 Å². The van der Waals surface area contributed by atoms with Crippen LogP contribution < -0.4 is 20.1 Å². The Morgan fingerprint density at radius 1 is 0.825 bits per heavy atom. The van der Waals surface area contributed by atoms with Crippen LogP contribution in [0.1, 0.15) is 21.5 Å². The molecule has 1 amide bonds. The van der Waals surface area contributed by atoms with Gasteiger partial charge in [0.1, 0.15) is 5.75 Å². The summed E-state index contributed by atoms with van der Waals surface area (Å²) >= 11 is 8.73. The molecule has 0 aliphatic rings. The van der Waals surface area contributed by atoms with Crippen molar-refractivity contribution in [3.8, 4) is 5.75 Å². The van der Waals surface area contributed by atoms with E-state index in [4.69, 9.17) is 17.0 Å². The van der Waals surface area contributed by atoms with Gasteiger partial charge in [-0.05, 0) is 72.2 Å². The summed E-state index contributed by atoms with van der Waals surface area (Å²) in [6.07, 6.45) is 1.29. The first kappa shape index (κ1) is 29.4. The minimum absolute atomic E-state index is 0.0665. The van der Waals surface area contributed by atoms with Gasteiger partial charge in [0.05, 0.1) is 17.1 Å². The molecule has 4 rings (SSSR count). The number of nitrogens with one attached hydrogen (secondary N) is 3. The zero-order chi connectivity index (χ0) is 28.4. The lowest BCUT2D eigenvalue weighted by Gasteiger charge is -2.14. The first-order valence-electron chi connectivity index (χ1n) is 12.5. The molecule has 0 saturated carbocycles. The average Bonchev–Trinajstić information content (AvgIpc) is 2.95. The van der Waals surface area contributed by atoms with E-state index in [1.807, 2.05) is 60.7 Å². The van der Waals surface area contributed by atoms with Gasteiger partial charge in [0, 0.05) is 23.1 Å². The number of carbonyl (C=O) groups is 1. The van der Waals surface area contributed by atoms with Crippen LogP contribution in [0, 0.1) is 0 Å². The third kappa shape index (κ3) is 8.72. The minimum Gasteiger partial charge on any atom is -0.492 e. The van der Waals surface area contributed by atoms with Crippen molar-refractivity contribution >= 4 is 54.9 Å². The molecular weight excluding hydrogens is 610 g/mol. The molecule has 0 heterocycles. The van der Waals surface area contributed by atoms with Crippen molar-refractivity contribution in [2.24, 2.45) is 0 Å². The summed E-state index contributed by atoms with van der Waals surface area (Å²) in [5, 5.41) is 5.64. The third-order valence-electron chi connectivity index (χ3n) is 5.88. The lowest BCUT2D eigenvalue weighted by atomic mass is 10.1. The Morgan fingerprint density at radius 2 is 1.45 bits per heavy atom. The maximum Gasteiger partial charge on any atom is 0.261 e. The molecule has 10 heteroatoms. The lowest BCUT2D eigenvalue weighted by molar-refractivity contribution is 0.0973. The summed E-state index contributed by atoms with van der Waals surface area (Å²) in [7, 11) is -3.66.